The standard InChI is InChI=1S/C17H22FN3O.ClH/c1-3-16-15(12(2)22-20-16)11-21-8-7-19-10-17(21)13-5-4-6-14(18)9-13;/h4-6,9,17,19H,3,7-8,10-11H2,1-2H3;1H. The predicted molar refractivity (Wildman–Crippen MR) is 90.3 cm³/mol. The number of aryl methyl sites for hydroxylation is 2. The lowest BCUT2D eigenvalue weighted by molar-refractivity contribution is 0.152. The van der Waals surface area contributed by atoms with Gasteiger partial charge in [-0.1, -0.05) is 24.2 Å². The smallest absolute Gasteiger partial charge is 0.138 e. The lowest BCUT2D eigenvalue weighted by Crippen LogP contribution is -2.45. The molecule has 1 saturated heterocycles. The summed E-state index contributed by atoms with van der Waals surface area (Å²) in [6, 6.07) is 7.06. The second kappa shape index (κ2) is 7.90. The lowest BCUT2D eigenvalue weighted by atomic mass is 10.0. The van der Waals surface area contributed by atoms with Crippen LogP contribution in [-0.2, 0) is 13.0 Å². The van der Waals surface area contributed by atoms with Crippen LogP contribution in [0.2, 0.25) is 0 Å². The number of nitrogens with one attached hydrogen (secondary N) is 1. The Kier molecular flexibility index (Phi) is 6.16. The molecule has 0 radical (unpaired) electrons. The lowest BCUT2D eigenvalue weighted by Gasteiger charge is -2.36. The van der Waals surface area contributed by atoms with E-state index in [1.54, 1.807) is 12.1 Å². The molecular weight excluding hydrogens is 317 g/mol. The average molecular weight is 340 g/mol. The van der Waals surface area contributed by atoms with Crippen molar-refractivity contribution in [2.24, 2.45) is 0 Å². The molecule has 2 aromatic rings. The van der Waals surface area contributed by atoms with Gasteiger partial charge in [0.25, 0.3) is 0 Å². The number of piperazine rings is 1. The molecule has 0 aliphatic carbocycles. The number of hydrogen-bond acceptors (Lipinski definition) is 4. The molecule has 4 nitrogen and oxygen atoms in total. The molecule has 1 aliphatic rings. The minimum absolute atomic E-state index is 0. The van der Waals surface area contributed by atoms with Crippen LogP contribution in [0.25, 0.3) is 0 Å². The van der Waals surface area contributed by atoms with Gasteiger partial charge in [-0.3, -0.25) is 4.90 Å². The summed E-state index contributed by atoms with van der Waals surface area (Å²) in [5.74, 6) is 0.701. The van der Waals surface area contributed by atoms with Crippen molar-refractivity contribution in [3.05, 3.63) is 52.7 Å². The summed E-state index contributed by atoms with van der Waals surface area (Å²) in [6.45, 7) is 7.53. The van der Waals surface area contributed by atoms with Crippen molar-refractivity contribution in [2.75, 3.05) is 19.6 Å². The third kappa shape index (κ3) is 3.91. The minimum Gasteiger partial charge on any atom is -0.361 e. The van der Waals surface area contributed by atoms with Crippen molar-refractivity contribution in [1.82, 2.24) is 15.4 Å². The summed E-state index contributed by atoms with van der Waals surface area (Å²) < 4.78 is 18.9. The molecule has 6 heteroatoms. The Bertz CT molecular complexity index is 647. The van der Waals surface area contributed by atoms with E-state index in [9.17, 15) is 4.39 Å². The molecule has 1 aromatic heterocycles. The predicted octanol–water partition coefficient (Wildman–Crippen LogP) is 3.25. The second-order valence-electron chi connectivity index (χ2n) is 5.76. The number of halogens is 2. The highest BCUT2D eigenvalue weighted by Gasteiger charge is 2.26. The summed E-state index contributed by atoms with van der Waals surface area (Å²) in [6.07, 6.45) is 0.864. The molecule has 0 bridgehead atoms. The quantitative estimate of drug-likeness (QED) is 0.928. The van der Waals surface area contributed by atoms with Crippen LogP contribution in [-0.4, -0.2) is 29.7 Å². The highest BCUT2D eigenvalue weighted by Crippen LogP contribution is 2.26. The number of benzene rings is 1. The molecule has 1 aliphatic heterocycles. The zero-order valence-electron chi connectivity index (χ0n) is 13.5. The minimum atomic E-state index is -0.182. The maximum atomic E-state index is 13.5. The van der Waals surface area contributed by atoms with E-state index >= 15 is 0 Å². The van der Waals surface area contributed by atoms with Crippen LogP contribution in [0.15, 0.2) is 28.8 Å². The van der Waals surface area contributed by atoms with E-state index in [-0.39, 0.29) is 24.3 Å². The van der Waals surface area contributed by atoms with E-state index in [0.29, 0.717) is 0 Å². The fourth-order valence-electron chi connectivity index (χ4n) is 3.10. The largest absolute Gasteiger partial charge is 0.361 e. The molecule has 0 spiro atoms. The monoisotopic (exact) mass is 339 g/mol. The third-order valence-electron chi connectivity index (χ3n) is 4.35. The maximum absolute atomic E-state index is 13.5. The van der Waals surface area contributed by atoms with Crippen molar-refractivity contribution in [3.63, 3.8) is 0 Å². The van der Waals surface area contributed by atoms with Crippen LogP contribution in [0.5, 0.6) is 0 Å². The van der Waals surface area contributed by atoms with E-state index in [1.165, 1.54) is 11.6 Å². The van der Waals surface area contributed by atoms with Gasteiger partial charge in [0.05, 0.1) is 5.69 Å². The van der Waals surface area contributed by atoms with Crippen molar-refractivity contribution in [3.8, 4) is 0 Å². The van der Waals surface area contributed by atoms with Crippen molar-refractivity contribution < 1.29 is 8.91 Å². The molecule has 126 valence electrons. The second-order valence-corrected chi connectivity index (χ2v) is 5.76. The van der Waals surface area contributed by atoms with Crippen molar-refractivity contribution in [1.29, 1.82) is 0 Å². The zero-order valence-corrected chi connectivity index (χ0v) is 14.3. The van der Waals surface area contributed by atoms with Gasteiger partial charge in [0.1, 0.15) is 11.6 Å². The normalized spacial score (nSPS) is 18.7. The first-order valence-electron chi connectivity index (χ1n) is 7.83. The molecule has 0 saturated carbocycles. The molecule has 23 heavy (non-hydrogen) atoms. The Balaban J connectivity index is 0.00000192. The highest BCUT2D eigenvalue weighted by atomic mass is 35.5. The van der Waals surface area contributed by atoms with Gasteiger partial charge in [-0.25, -0.2) is 4.39 Å². The average Bonchev–Trinajstić information content (AvgIpc) is 2.88. The van der Waals surface area contributed by atoms with E-state index in [1.807, 2.05) is 13.0 Å². The first kappa shape index (κ1) is 17.9. The first-order chi connectivity index (χ1) is 10.7. The molecule has 3 rings (SSSR count). The Morgan fingerprint density at radius 1 is 1.43 bits per heavy atom. The fraction of sp³-hybridized carbons (Fsp3) is 0.471. The Labute approximate surface area is 142 Å². The molecule has 1 fully saturated rings. The van der Waals surface area contributed by atoms with Crippen molar-refractivity contribution in [2.45, 2.75) is 32.9 Å². The molecule has 1 unspecified atom stereocenters. The number of rotatable bonds is 4. The van der Waals surface area contributed by atoms with Gasteiger partial charge in [0.2, 0.25) is 0 Å². The van der Waals surface area contributed by atoms with E-state index in [2.05, 4.69) is 22.3 Å². The Morgan fingerprint density at radius 3 is 3.00 bits per heavy atom. The molecule has 1 atom stereocenters. The van der Waals surface area contributed by atoms with Gasteiger partial charge >= 0.3 is 0 Å². The van der Waals surface area contributed by atoms with E-state index in [4.69, 9.17) is 4.52 Å². The molecular formula is C17H23ClFN3O. The number of nitrogens with zero attached hydrogens (tertiary/aromatic N) is 2. The zero-order chi connectivity index (χ0) is 15.5. The van der Waals surface area contributed by atoms with Crippen LogP contribution in [0, 0.1) is 12.7 Å². The van der Waals surface area contributed by atoms with Gasteiger partial charge in [-0.05, 0) is 31.0 Å². The Hall–Kier alpha value is -1.43. The van der Waals surface area contributed by atoms with Gasteiger partial charge in [-0.2, -0.15) is 0 Å². The van der Waals surface area contributed by atoms with E-state index in [0.717, 1.165) is 49.6 Å². The summed E-state index contributed by atoms with van der Waals surface area (Å²) in [7, 11) is 0. The third-order valence-corrected chi connectivity index (χ3v) is 4.35. The van der Waals surface area contributed by atoms with Crippen LogP contribution in [0.1, 0.15) is 35.5 Å². The summed E-state index contributed by atoms with van der Waals surface area (Å²) in [5.41, 5.74) is 3.21. The van der Waals surface area contributed by atoms with Crippen LogP contribution in [0.4, 0.5) is 4.39 Å². The van der Waals surface area contributed by atoms with Gasteiger partial charge in [0, 0.05) is 37.8 Å². The number of hydrogen-bond donors (Lipinski definition) is 1. The summed E-state index contributed by atoms with van der Waals surface area (Å²) in [4.78, 5) is 2.38. The number of aromatic nitrogens is 1. The van der Waals surface area contributed by atoms with Gasteiger partial charge in [-0.15, -0.1) is 12.4 Å². The van der Waals surface area contributed by atoms with Gasteiger partial charge < -0.3 is 9.84 Å². The topological polar surface area (TPSA) is 41.3 Å². The molecule has 1 N–H and O–H groups in total. The molecule has 2 heterocycles. The fourth-order valence-corrected chi connectivity index (χ4v) is 3.10. The van der Waals surface area contributed by atoms with Crippen LogP contribution >= 0.6 is 12.4 Å². The Morgan fingerprint density at radius 2 is 2.26 bits per heavy atom. The molecule has 1 aromatic carbocycles. The van der Waals surface area contributed by atoms with Crippen LogP contribution in [0.3, 0.4) is 0 Å². The van der Waals surface area contributed by atoms with Crippen molar-refractivity contribution >= 4 is 12.4 Å². The van der Waals surface area contributed by atoms with E-state index < -0.39 is 0 Å². The van der Waals surface area contributed by atoms with Gasteiger partial charge in [0.15, 0.2) is 0 Å². The summed E-state index contributed by atoms with van der Waals surface area (Å²) >= 11 is 0. The first-order valence-corrected chi connectivity index (χ1v) is 7.83. The molecule has 0 amide bonds. The van der Waals surface area contributed by atoms with Crippen LogP contribution < -0.4 is 5.32 Å². The summed E-state index contributed by atoms with van der Waals surface area (Å²) in [5, 5.41) is 7.54. The maximum Gasteiger partial charge on any atom is 0.138 e. The SMILES string of the molecule is CCc1noc(C)c1CN1CCNCC1c1cccc(F)c1.Cl. The highest BCUT2D eigenvalue weighted by molar-refractivity contribution is 5.85.